The number of aromatic amines is 1. The monoisotopic (exact) mass is 760 g/mol. The molecule has 12 heteroatoms. The summed E-state index contributed by atoms with van der Waals surface area (Å²) in [6, 6.07) is 28.1. The second-order valence-electron chi connectivity index (χ2n) is 15.5. The molecule has 0 saturated carbocycles. The quantitative estimate of drug-likeness (QED) is 0.0788. The van der Waals surface area contributed by atoms with Gasteiger partial charge >= 0.3 is 0 Å². The van der Waals surface area contributed by atoms with E-state index in [0.717, 1.165) is 33.3 Å². The second-order valence-corrected chi connectivity index (χ2v) is 15.5. The number of imidazole rings is 1. The van der Waals surface area contributed by atoms with E-state index < -0.39 is 53.6 Å². The molecule has 1 aromatic heterocycles. The number of H-pyrrole nitrogens is 1. The first-order valence-electron chi connectivity index (χ1n) is 19.1. The van der Waals surface area contributed by atoms with Gasteiger partial charge in [-0.05, 0) is 58.4 Å². The molecular formula is C44H52N6O6. The Morgan fingerprint density at radius 3 is 2.29 bits per heavy atom. The summed E-state index contributed by atoms with van der Waals surface area (Å²) in [5, 5.41) is 35.5. The van der Waals surface area contributed by atoms with Gasteiger partial charge in [-0.2, -0.15) is 0 Å². The Labute approximate surface area is 327 Å². The fraction of sp³-hybridized carbons (Fsp3) is 0.364. The van der Waals surface area contributed by atoms with Crippen molar-refractivity contribution in [3.8, 4) is 5.75 Å². The molecule has 1 heterocycles. The van der Waals surface area contributed by atoms with Crippen LogP contribution in [-0.4, -0.2) is 75.3 Å². The third-order valence-electron chi connectivity index (χ3n) is 10.3. The van der Waals surface area contributed by atoms with E-state index in [0.29, 0.717) is 24.4 Å². The first-order chi connectivity index (χ1) is 26.9. The largest absolute Gasteiger partial charge is 0.497 e. The number of aromatic nitrogens is 2. The van der Waals surface area contributed by atoms with Crippen LogP contribution in [0.4, 0.5) is 0 Å². The zero-order chi connectivity index (χ0) is 39.8. The van der Waals surface area contributed by atoms with Crippen LogP contribution >= 0.6 is 0 Å². The van der Waals surface area contributed by atoms with Gasteiger partial charge in [0.15, 0.2) is 0 Å². The van der Waals surface area contributed by atoms with Crippen LogP contribution in [0.3, 0.4) is 0 Å². The van der Waals surface area contributed by atoms with Gasteiger partial charge in [-0.15, -0.1) is 0 Å². The van der Waals surface area contributed by atoms with Crippen LogP contribution in [0.1, 0.15) is 61.3 Å². The Kier molecular flexibility index (Phi) is 12.8. The summed E-state index contributed by atoms with van der Waals surface area (Å²) in [4.78, 5) is 49.8. The standard InChI is InChI=1S/C44H52N6O6/c1-44(2,3)41(49-37(52)23-22-36-46-32-16-10-11-17-33(32)47-36)43(55)48-34(24-27-12-6-5-7-13-27)40(53)39(45-26-28-18-20-30(56-4)21-19-28)42(54)50-38-31-15-9-8-14-29(31)25-35(38)51/h5-21,34-35,38-41,45,51,53H,22-26H2,1-4H3,(H,46,47)(H,48,55)(H,49,52)(H,50,54)/t34-,35?,38?,39+,40+,41+/m0/s1. The van der Waals surface area contributed by atoms with Crippen molar-refractivity contribution >= 4 is 28.8 Å². The zero-order valence-electron chi connectivity index (χ0n) is 32.3. The van der Waals surface area contributed by atoms with Crippen LogP contribution in [0.25, 0.3) is 11.0 Å². The summed E-state index contributed by atoms with van der Waals surface area (Å²) in [5.41, 5.74) is 4.40. The number of aryl methyl sites for hydroxylation is 1. The van der Waals surface area contributed by atoms with Crippen LogP contribution in [-0.2, 0) is 40.2 Å². The molecule has 56 heavy (non-hydrogen) atoms. The number of hydrogen-bond acceptors (Lipinski definition) is 8. The van der Waals surface area contributed by atoms with Gasteiger partial charge in [-0.25, -0.2) is 4.98 Å². The number of hydrogen-bond donors (Lipinski definition) is 7. The number of carbonyl (C=O) groups excluding carboxylic acids is 3. The lowest BCUT2D eigenvalue weighted by molar-refractivity contribution is -0.134. The molecule has 7 N–H and O–H groups in total. The summed E-state index contributed by atoms with van der Waals surface area (Å²) in [6.07, 6.45) is -1.27. The van der Waals surface area contributed by atoms with Crippen LogP contribution in [0.2, 0.25) is 0 Å². The van der Waals surface area contributed by atoms with E-state index in [4.69, 9.17) is 4.74 Å². The topological polar surface area (TPSA) is 178 Å². The minimum Gasteiger partial charge on any atom is -0.497 e. The summed E-state index contributed by atoms with van der Waals surface area (Å²) in [5.74, 6) is -0.00860. The lowest BCUT2D eigenvalue weighted by Gasteiger charge is -2.35. The smallest absolute Gasteiger partial charge is 0.243 e. The SMILES string of the molecule is COc1ccc(CN[C@@H](C(=O)NC2c3ccccc3CC2O)[C@H](O)[C@H](Cc2ccccc2)NC(=O)[C@@H](NC(=O)CCc2nc3ccccc3[nH]2)C(C)(C)C)cc1. The minimum atomic E-state index is -1.45. The molecule has 294 valence electrons. The predicted molar refractivity (Wildman–Crippen MR) is 215 cm³/mol. The van der Waals surface area contributed by atoms with E-state index in [1.165, 1.54) is 0 Å². The maximum absolute atomic E-state index is 14.3. The van der Waals surface area contributed by atoms with Gasteiger partial charge in [0.1, 0.15) is 23.7 Å². The van der Waals surface area contributed by atoms with E-state index in [9.17, 15) is 24.6 Å². The van der Waals surface area contributed by atoms with E-state index in [2.05, 4.69) is 31.2 Å². The Balaban J connectivity index is 1.23. The van der Waals surface area contributed by atoms with Crippen molar-refractivity contribution in [3.63, 3.8) is 0 Å². The molecule has 0 saturated heterocycles. The predicted octanol–water partition coefficient (Wildman–Crippen LogP) is 4.06. The van der Waals surface area contributed by atoms with Crippen molar-refractivity contribution in [2.24, 2.45) is 5.41 Å². The molecule has 1 aliphatic carbocycles. The number of para-hydroxylation sites is 2. The first-order valence-corrected chi connectivity index (χ1v) is 19.1. The highest BCUT2D eigenvalue weighted by atomic mass is 16.5. The number of benzene rings is 4. The van der Waals surface area contributed by atoms with Gasteiger partial charge < -0.3 is 35.9 Å². The molecule has 0 aliphatic heterocycles. The van der Waals surface area contributed by atoms with Crippen LogP contribution < -0.4 is 26.0 Å². The molecule has 0 bridgehead atoms. The number of nitrogens with one attached hydrogen (secondary N) is 5. The average molecular weight is 761 g/mol. The van der Waals surface area contributed by atoms with E-state index >= 15 is 0 Å². The molecule has 2 unspecified atom stereocenters. The van der Waals surface area contributed by atoms with Crippen LogP contribution in [0.5, 0.6) is 5.75 Å². The van der Waals surface area contributed by atoms with Gasteiger partial charge in [-0.3, -0.25) is 19.7 Å². The molecule has 6 rings (SSSR count). The normalized spacial score (nSPS) is 17.3. The Bertz CT molecular complexity index is 2060. The number of aliphatic hydroxyl groups excluding tert-OH is 2. The third kappa shape index (κ3) is 9.99. The summed E-state index contributed by atoms with van der Waals surface area (Å²) in [6.45, 7) is 5.78. The number of amides is 3. The molecule has 1 aliphatic rings. The molecule has 0 radical (unpaired) electrons. The van der Waals surface area contributed by atoms with Crippen molar-refractivity contribution in [3.05, 3.63) is 131 Å². The number of methoxy groups -OCH3 is 1. The highest BCUT2D eigenvalue weighted by molar-refractivity contribution is 5.89. The number of nitrogens with zero attached hydrogens (tertiary/aromatic N) is 1. The van der Waals surface area contributed by atoms with E-state index in [1.54, 1.807) is 7.11 Å². The van der Waals surface area contributed by atoms with Gasteiger partial charge in [0, 0.05) is 25.8 Å². The summed E-state index contributed by atoms with van der Waals surface area (Å²) < 4.78 is 5.30. The minimum absolute atomic E-state index is 0.101. The molecule has 4 aromatic carbocycles. The van der Waals surface area contributed by atoms with Gasteiger partial charge in [0.2, 0.25) is 17.7 Å². The van der Waals surface area contributed by atoms with Crippen LogP contribution in [0, 0.1) is 5.41 Å². The number of fused-ring (bicyclic) bond motifs is 2. The maximum Gasteiger partial charge on any atom is 0.243 e. The maximum atomic E-state index is 14.3. The fourth-order valence-corrected chi connectivity index (χ4v) is 7.22. The summed E-state index contributed by atoms with van der Waals surface area (Å²) >= 11 is 0. The molecular weight excluding hydrogens is 709 g/mol. The average Bonchev–Trinajstić information content (AvgIpc) is 3.75. The third-order valence-corrected chi connectivity index (χ3v) is 10.3. The van der Waals surface area contributed by atoms with Crippen molar-refractivity contribution in [1.82, 2.24) is 31.2 Å². The Hall–Kier alpha value is -5.56. The lowest BCUT2D eigenvalue weighted by atomic mass is 9.85. The molecule has 5 aromatic rings. The van der Waals surface area contributed by atoms with Crippen molar-refractivity contribution < 1.29 is 29.3 Å². The highest BCUT2D eigenvalue weighted by Gasteiger charge is 2.40. The van der Waals surface area contributed by atoms with Gasteiger partial charge in [0.05, 0.1) is 42.4 Å². The number of aliphatic hydroxyl groups is 2. The van der Waals surface area contributed by atoms with Crippen molar-refractivity contribution in [2.75, 3.05) is 7.11 Å². The lowest BCUT2D eigenvalue weighted by Crippen LogP contribution is -2.62. The number of carbonyl (C=O) groups is 3. The van der Waals surface area contributed by atoms with Crippen LogP contribution in [0.15, 0.2) is 103 Å². The Morgan fingerprint density at radius 2 is 1.57 bits per heavy atom. The summed E-state index contributed by atoms with van der Waals surface area (Å²) in [7, 11) is 1.58. The Morgan fingerprint density at radius 1 is 0.875 bits per heavy atom. The molecule has 12 nitrogen and oxygen atoms in total. The number of ether oxygens (including phenoxy) is 1. The highest BCUT2D eigenvalue weighted by Crippen LogP contribution is 2.31. The first kappa shape index (κ1) is 40.1. The molecule has 6 atom stereocenters. The van der Waals surface area contributed by atoms with Gasteiger partial charge in [-0.1, -0.05) is 99.6 Å². The zero-order valence-corrected chi connectivity index (χ0v) is 32.3. The van der Waals surface area contributed by atoms with Crippen molar-refractivity contribution in [1.29, 1.82) is 0 Å². The molecule has 0 fully saturated rings. The van der Waals surface area contributed by atoms with E-state index in [-0.39, 0.29) is 25.3 Å². The van der Waals surface area contributed by atoms with Crippen molar-refractivity contribution in [2.45, 2.75) is 89.4 Å². The fourth-order valence-electron chi connectivity index (χ4n) is 7.22. The van der Waals surface area contributed by atoms with Gasteiger partial charge in [0.25, 0.3) is 0 Å². The molecule has 0 spiro atoms. The molecule has 3 amide bonds. The number of rotatable bonds is 16. The van der Waals surface area contributed by atoms with E-state index in [1.807, 2.05) is 124 Å². The second kappa shape index (κ2) is 17.9.